The number of hydrogen-bond acceptors (Lipinski definition) is 8. The lowest BCUT2D eigenvalue weighted by Crippen LogP contribution is -2.67. The van der Waals surface area contributed by atoms with Gasteiger partial charge >= 0.3 is 6.09 Å². The summed E-state index contributed by atoms with van der Waals surface area (Å²) in [5.74, 6) is 0. The van der Waals surface area contributed by atoms with Gasteiger partial charge in [0.2, 0.25) is 0 Å². The Morgan fingerprint density at radius 1 is 0.909 bits per heavy atom. The molecule has 4 rings (SSSR count). The van der Waals surface area contributed by atoms with Crippen molar-refractivity contribution in [2.45, 2.75) is 69.3 Å². The average molecular weight is 624 g/mol. The van der Waals surface area contributed by atoms with Crippen molar-refractivity contribution in [3.63, 3.8) is 0 Å². The van der Waals surface area contributed by atoms with Crippen LogP contribution in [0.4, 0.5) is 4.79 Å². The predicted molar refractivity (Wildman–Crippen MR) is 170 cm³/mol. The molecule has 3 aromatic rings. The topological polar surface area (TPSA) is 118 Å². The van der Waals surface area contributed by atoms with Crippen LogP contribution in [0.2, 0.25) is 5.04 Å². The van der Waals surface area contributed by atoms with Gasteiger partial charge in [-0.05, 0) is 27.4 Å². The van der Waals surface area contributed by atoms with Crippen LogP contribution >= 0.6 is 0 Å². The molecule has 0 spiro atoms. The Hall–Kier alpha value is -3.09. The van der Waals surface area contributed by atoms with Crippen molar-refractivity contribution >= 4 is 24.8 Å². The van der Waals surface area contributed by atoms with Crippen LogP contribution in [-0.2, 0) is 25.2 Å². The van der Waals surface area contributed by atoms with Crippen molar-refractivity contribution in [1.82, 2.24) is 4.90 Å². The normalized spacial score (nSPS) is 19.4. The van der Waals surface area contributed by atoms with E-state index in [1.54, 1.807) is 0 Å². The Balaban J connectivity index is 1.54. The molecule has 0 aliphatic carbocycles. The van der Waals surface area contributed by atoms with Crippen LogP contribution in [-0.4, -0.2) is 92.1 Å². The van der Waals surface area contributed by atoms with E-state index in [1.807, 2.05) is 91.0 Å². The number of methoxy groups -OCH3 is 1. The molecule has 1 aliphatic rings. The maximum absolute atomic E-state index is 13.2. The number of nitrogens with zero attached hydrogens (tertiary/aromatic N) is 1. The van der Waals surface area contributed by atoms with Crippen LogP contribution in [0.1, 0.15) is 32.8 Å². The molecule has 0 radical (unpaired) electrons. The third kappa shape index (κ3) is 7.58. The van der Waals surface area contributed by atoms with Gasteiger partial charge in [0, 0.05) is 13.7 Å². The zero-order valence-electron chi connectivity index (χ0n) is 25.9. The van der Waals surface area contributed by atoms with Crippen molar-refractivity contribution in [3.05, 3.63) is 96.6 Å². The second kappa shape index (κ2) is 15.3. The van der Waals surface area contributed by atoms with Crippen LogP contribution in [0, 0.1) is 0 Å². The summed E-state index contributed by atoms with van der Waals surface area (Å²) >= 11 is 0. The number of aliphatic hydroxyl groups excluding tert-OH is 3. The summed E-state index contributed by atoms with van der Waals surface area (Å²) in [7, 11) is -1.53. The summed E-state index contributed by atoms with van der Waals surface area (Å²) in [6.07, 6.45) is -5.55. The quantitative estimate of drug-likeness (QED) is 0.197. The third-order valence-electron chi connectivity index (χ3n) is 8.22. The fourth-order valence-corrected chi connectivity index (χ4v) is 10.6. The van der Waals surface area contributed by atoms with Crippen molar-refractivity contribution in [2.24, 2.45) is 0 Å². The number of carbonyl (C=O) groups is 1. The summed E-state index contributed by atoms with van der Waals surface area (Å²) in [6.45, 7) is 6.35. The van der Waals surface area contributed by atoms with E-state index in [2.05, 4.69) is 20.8 Å². The monoisotopic (exact) mass is 623 g/mol. The Morgan fingerprint density at radius 2 is 1.45 bits per heavy atom. The smallest absolute Gasteiger partial charge is 0.410 e. The molecular weight excluding hydrogens is 578 g/mol. The van der Waals surface area contributed by atoms with Crippen LogP contribution in [0.25, 0.3) is 0 Å². The van der Waals surface area contributed by atoms with Crippen molar-refractivity contribution < 1.29 is 38.8 Å². The maximum Gasteiger partial charge on any atom is 0.410 e. The van der Waals surface area contributed by atoms with E-state index in [0.717, 1.165) is 15.9 Å². The van der Waals surface area contributed by atoms with E-state index in [0.29, 0.717) is 6.42 Å². The molecule has 3 N–H and O–H groups in total. The molecule has 44 heavy (non-hydrogen) atoms. The fraction of sp³-hybridized carbons (Fsp3) is 0.441. The van der Waals surface area contributed by atoms with Gasteiger partial charge in [-0.1, -0.05) is 112 Å². The molecular formula is C34H45NO8Si. The van der Waals surface area contributed by atoms with Gasteiger partial charge in [-0.15, -0.1) is 0 Å². The Morgan fingerprint density at radius 3 is 1.98 bits per heavy atom. The van der Waals surface area contributed by atoms with Gasteiger partial charge in [0.1, 0.15) is 31.7 Å². The molecule has 1 saturated heterocycles. The van der Waals surface area contributed by atoms with Gasteiger partial charge in [0.15, 0.2) is 0 Å². The lowest BCUT2D eigenvalue weighted by molar-refractivity contribution is -0.133. The molecule has 0 unspecified atom stereocenters. The summed E-state index contributed by atoms with van der Waals surface area (Å²) in [6, 6.07) is 28.2. The van der Waals surface area contributed by atoms with E-state index in [-0.39, 0.29) is 31.6 Å². The highest BCUT2D eigenvalue weighted by molar-refractivity contribution is 6.99. The fourth-order valence-electron chi connectivity index (χ4n) is 6.04. The number of benzene rings is 3. The largest absolute Gasteiger partial charge is 0.445 e. The highest BCUT2D eigenvalue weighted by Crippen LogP contribution is 2.37. The van der Waals surface area contributed by atoms with E-state index in [1.165, 1.54) is 12.0 Å². The van der Waals surface area contributed by atoms with E-state index >= 15 is 0 Å². The molecule has 238 valence electrons. The van der Waals surface area contributed by atoms with Crippen LogP contribution in [0.5, 0.6) is 0 Å². The SMILES string of the molecule is COCO[C@H]1CCN(C(=O)OCc2ccccc2)[C@H]1[C@H](O)[C@@H](O)[C@H](O)CO[Si](c1ccccc1)(c1ccccc1)C(C)(C)C. The maximum atomic E-state index is 13.2. The van der Waals surface area contributed by atoms with Crippen LogP contribution in [0.3, 0.4) is 0 Å². The highest BCUT2D eigenvalue weighted by Gasteiger charge is 2.51. The van der Waals surface area contributed by atoms with Crippen molar-refractivity contribution in [2.75, 3.05) is 27.1 Å². The zero-order chi connectivity index (χ0) is 31.7. The number of rotatable bonds is 13. The first kappa shape index (κ1) is 33.8. The average Bonchev–Trinajstić information content (AvgIpc) is 3.47. The molecule has 1 fully saturated rings. The van der Waals surface area contributed by atoms with Crippen molar-refractivity contribution in [3.8, 4) is 0 Å². The Bertz CT molecular complexity index is 1250. The molecule has 1 amide bonds. The zero-order valence-corrected chi connectivity index (χ0v) is 26.9. The molecule has 0 aromatic heterocycles. The molecule has 1 aliphatic heterocycles. The standard InChI is InChI=1S/C34H45NO8Si/c1-34(2,3)44(26-16-10-6-11-17-26,27-18-12-7-13-19-27)43-23-28(36)31(37)32(38)30-29(42-24-40-4)20-21-35(30)33(39)41-22-25-14-8-5-9-15-25/h5-19,28-32,36-38H,20-24H2,1-4H3/t28-,29+,30-,31+,32+/m1/s1. The summed E-state index contributed by atoms with van der Waals surface area (Å²) in [5.41, 5.74) is 0.820. The van der Waals surface area contributed by atoms with E-state index in [9.17, 15) is 20.1 Å². The number of amides is 1. The number of likely N-dealkylation sites (tertiary alicyclic amines) is 1. The van der Waals surface area contributed by atoms with Gasteiger partial charge in [-0.25, -0.2) is 4.79 Å². The van der Waals surface area contributed by atoms with Crippen LogP contribution in [0.15, 0.2) is 91.0 Å². The Kier molecular flexibility index (Phi) is 11.7. The van der Waals surface area contributed by atoms with Gasteiger partial charge < -0.3 is 34.0 Å². The minimum absolute atomic E-state index is 0.0556. The van der Waals surface area contributed by atoms with E-state index < -0.39 is 44.9 Å². The molecule has 3 aromatic carbocycles. The van der Waals surface area contributed by atoms with Gasteiger partial charge in [-0.2, -0.15) is 0 Å². The Labute approximate surface area is 261 Å². The predicted octanol–water partition coefficient (Wildman–Crippen LogP) is 3.05. The van der Waals surface area contributed by atoms with Gasteiger partial charge in [0.25, 0.3) is 8.32 Å². The molecule has 10 heteroatoms. The minimum Gasteiger partial charge on any atom is -0.445 e. The second-order valence-electron chi connectivity index (χ2n) is 12.1. The first-order valence-electron chi connectivity index (χ1n) is 15.0. The molecule has 1 heterocycles. The summed E-state index contributed by atoms with van der Waals surface area (Å²) in [4.78, 5) is 14.5. The second-order valence-corrected chi connectivity index (χ2v) is 16.5. The number of carbonyl (C=O) groups excluding carboxylic acids is 1. The van der Waals surface area contributed by atoms with Crippen molar-refractivity contribution in [1.29, 1.82) is 0 Å². The van der Waals surface area contributed by atoms with Crippen LogP contribution < -0.4 is 10.4 Å². The van der Waals surface area contributed by atoms with E-state index in [4.69, 9.17) is 18.6 Å². The number of aliphatic hydroxyl groups is 3. The third-order valence-corrected chi connectivity index (χ3v) is 13.2. The molecule has 9 nitrogen and oxygen atoms in total. The lowest BCUT2D eigenvalue weighted by Gasteiger charge is -2.44. The minimum atomic E-state index is -3.01. The van der Waals surface area contributed by atoms with Gasteiger partial charge in [0.05, 0.1) is 18.8 Å². The summed E-state index contributed by atoms with van der Waals surface area (Å²) < 4.78 is 23.2. The molecule has 0 bridgehead atoms. The molecule has 0 saturated carbocycles. The first-order chi connectivity index (χ1) is 21.1. The summed E-state index contributed by atoms with van der Waals surface area (Å²) in [5, 5.41) is 35.8. The van der Waals surface area contributed by atoms with Gasteiger partial charge in [-0.3, -0.25) is 4.90 Å². The molecule has 5 atom stereocenters. The lowest BCUT2D eigenvalue weighted by atomic mass is 9.97. The number of hydrogen-bond donors (Lipinski definition) is 3. The highest BCUT2D eigenvalue weighted by atomic mass is 28.4. The number of ether oxygens (including phenoxy) is 3. The first-order valence-corrected chi connectivity index (χ1v) is 16.9.